The molecular formula is C17H17NO3S. The number of ether oxygens (including phenoxy) is 1. The maximum absolute atomic E-state index is 12.7. The van der Waals surface area contributed by atoms with Gasteiger partial charge in [0.1, 0.15) is 0 Å². The third-order valence-electron chi connectivity index (χ3n) is 4.26. The minimum Gasteiger partial charge on any atom is -0.377 e. The molecule has 3 rings (SSSR count). The van der Waals surface area contributed by atoms with E-state index in [0.29, 0.717) is 18.6 Å². The first-order chi connectivity index (χ1) is 10.5. The van der Waals surface area contributed by atoms with Crippen LogP contribution in [0.2, 0.25) is 0 Å². The molecular weight excluding hydrogens is 298 g/mol. The van der Waals surface area contributed by atoms with Crippen LogP contribution in [-0.4, -0.2) is 26.4 Å². The van der Waals surface area contributed by atoms with Gasteiger partial charge in [-0.05, 0) is 35.7 Å². The van der Waals surface area contributed by atoms with E-state index >= 15 is 0 Å². The lowest BCUT2D eigenvalue weighted by molar-refractivity contribution is 0.126. The van der Waals surface area contributed by atoms with Gasteiger partial charge in [-0.2, -0.15) is 5.26 Å². The highest BCUT2D eigenvalue weighted by molar-refractivity contribution is 7.91. The number of fused-ring (bicyclic) bond motifs is 1. The molecule has 0 saturated carbocycles. The largest absolute Gasteiger partial charge is 0.377 e. The third-order valence-corrected chi connectivity index (χ3v) is 6.51. The average molecular weight is 315 g/mol. The van der Waals surface area contributed by atoms with Gasteiger partial charge in [-0.25, -0.2) is 8.42 Å². The smallest absolute Gasteiger partial charge is 0.159 e. The number of nitriles is 1. The molecule has 1 aliphatic heterocycles. The summed E-state index contributed by atoms with van der Waals surface area (Å²) in [6.45, 7) is 2.31. The molecule has 0 bridgehead atoms. The van der Waals surface area contributed by atoms with Crippen molar-refractivity contribution in [2.24, 2.45) is 0 Å². The van der Waals surface area contributed by atoms with Gasteiger partial charge in [0, 0.05) is 6.61 Å². The van der Waals surface area contributed by atoms with Crippen molar-refractivity contribution < 1.29 is 13.2 Å². The Labute approximate surface area is 130 Å². The van der Waals surface area contributed by atoms with Crippen molar-refractivity contribution in [2.75, 3.05) is 6.61 Å². The van der Waals surface area contributed by atoms with Crippen LogP contribution in [0, 0.1) is 11.3 Å². The molecule has 0 N–H and O–H groups in total. The van der Waals surface area contributed by atoms with Gasteiger partial charge in [-0.15, -0.1) is 0 Å². The van der Waals surface area contributed by atoms with Crippen molar-refractivity contribution >= 4 is 20.6 Å². The van der Waals surface area contributed by atoms with Gasteiger partial charge in [0.2, 0.25) is 0 Å². The van der Waals surface area contributed by atoms with Crippen molar-refractivity contribution in [1.82, 2.24) is 0 Å². The summed E-state index contributed by atoms with van der Waals surface area (Å²) in [5.74, 6) is -0.0163. The van der Waals surface area contributed by atoms with Crippen LogP contribution in [0.5, 0.6) is 0 Å². The van der Waals surface area contributed by atoms with E-state index in [0.717, 1.165) is 16.3 Å². The molecule has 0 radical (unpaired) electrons. The van der Waals surface area contributed by atoms with Crippen LogP contribution in [0.3, 0.4) is 0 Å². The summed E-state index contributed by atoms with van der Waals surface area (Å²) in [5.41, 5.74) is 1.31. The van der Waals surface area contributed by atoms with E-state index in [4.69, 9.17) is 4.74 Å². The Balaban J connectivity index is 2.03. The summed E-state index contributed by atoms with van der Waals surface area (Å²) in [5, 5.41) is 10.4. The highest BCUT2D eigenvalue weighted by atomic mass is 32.2. The fourth-order valence-corrected chi connectivity index (χ4v) is 5.11. The molecule has 114 valence electrons. The van der Waals surface area contributed by atoms with Crippen LogP contribution in [0.15, 0.2) is 36.4 Å². The Morgan fingerprint density at radius 1 is 1.23 bits per heavy atom. The third kappa shape index (κ3) is 2.60. The van der Waals surface area contributed by atoms with Gasteiger partial charge in [-0.1, -0.05) is 30.3 Å². The predicted molar refractivity (Wildman–Crippen MR) is 85.1 cm³/mol. The summed E-state index contributed by atoms with van der Waals surface area (Å²) in [6, 6.07) is 13.0. The predicted octanol–water partition coefficient (Wildman–Crippen LogP) is 2.80. The second-order valence-corrected chi connectivity index (χ2v) is 7.86. The van der Waals surface area contributed by atoms with Gasteiger partial charge >= 0.3 is 0 Å². The molecule has 0 spiro atoms. The van der Waals surface area contributed by atoms with E-state index < -0.39 is 15.1 Å². The quantitative estimate of drug-likeness (QED) is 0.873. The van der Waals surface area contributed by atoms with E-state index in [1.165, 1.54) is 0 Å². The molecule has 1 fully saturated rings. The van der Waals surface area contributed by atoms with Gasteiger partial charge < -0.3 is 4.74 Å². The van der Waals surface area contributed by atoms with Crippen LogP contribution in [-0.2, 0) is 20.3 Å². The summed E-state index contributed by atoms with van der Waals surface area (Å²) >= 11 is 0. The molecule has 22 heavy (non-hydrogen) atoms. The topological polar surface area (TPSA) is 67.2 Å². The number of sulfone groups is 1. The molecule has 2 aromatic rings. The monoisotopic (exact) mass is 315 g/mol. The average Bonchev–Trinajstić information content (AvgIpc) is 2.94. The van der Waals surface area contributed by atoms with Gasteiger partial charge in [0.15, 0.2) is 9.84 Å². The van der Waals surface area contributed by atoms with Gasteiger partial charge in [-0.3, -0.25) is 0 Å². The molecule has 5 heteroatoms. The first-order valence-corrected chi connectivity index (χ1v) is 8.98. The minimum absolute atomic E-state index is 0.0163. The van der Waals surface area contributed by atoms with E-state index in [1.54, 1.807) is 12.1 Å². The van der Waals surface area contributed by atoms with E-state index in [-0.39, 0.29) is 11.9 Å². The Bertz CT molecular complexity index is 852. The maximum atomic E-state index is 12.7. The molecule has 0 amide bonds. The Morgan fingerprint density at radius 2 is 1.95 bits per heavy atom. The lowest BCUT2D eigenvalue weighted by atomic mass is 10.0. The van der Waals surface area contributed by atoms with Crippen molar-refractivity contribution in [3.05, 3.63) is 47.5 Å². The maximum Gasteiger partial charge on any atom is 0.159 e. The van der Waals surface area contributed by atoms with Crippen LogP contribution in [0.4, 0.5) is 0 Å². The number of nitrogens with zero attached hydrogens (tertiary/aromatic N) is 1. The zero-order valence-corrected chi connectivity index (χ0v) is 13.1. The summed E-state index contributed by atoms with van der Waals surface area (Å²) in [4.78, 5) is 0. The molecule has 4 nitrogen and oxygen atoms in total. The van der Waals surface area contributed by atoms with Crippen LogP contribution >= 0.6 is 0 Å². The molecule has 1 aliphatic rings. The summed E-state index contributed by atoms with van der Waals surface area (Å²) in [6.07, 6.45) is 0.298. The fourth-order valence-electron chi connectivity index (χ4n) is 3.09. The lowest BCUT2D eigenvalue weighted by Gasteiger charge is -2.16. The van der Waals surface area contributed by atoms with Crippen molar-refractivity contribution in [3.63, 3.8) is 0 Å². The SMILES string of the molecule is CC1OCCC1S(=O)(=O)Cc1ccc(C#N)c2ccccc12. The second-order valence-electron chi connectivity index (χ2n) is 5.64. The molecule has 1 saturated heterocycles. The molecule has 2 atom stereocenters. The first kappa shape index (κ1) is 15.0. The summed E-state index contributed by atoms with van der Waals surface area (Å²) < 4.78 is 30.7. The zero-order chi connectivity index (χ0) is 15.7. The zero-order valence-electron chi connectivity index (χ0n) is 12.3. The first-order valence-electron chi connectivity index (χ1n) is 7.27. The number of hydrogen-bond donors (Lipinski definition) is 0. The second kappa shape index (κ2) is 5.71. The Kier molecular flexibility index (Phi) is 3.90. The summed E-state index contributed by atoms with van der Waals surface area (Å²) in [7, 11) is -3.28. The van der Waals surface area contributed by atoms with Crippen LogP contribution in [0.25, 0.3) is 10.8 Å². The molecule has 0 aromatic heterocycles. The molecule has 2 aromatic carbocycles. The number of benzene rings is 2. The minimum atomic E-state index is -3.28. The van der Waals surface area contributed by atoms with E-state index in [2.05, 4.69) is 6.07 Å². The highest BCUT2D eigenvalue weighted by Crippen LogP contribution is 2.28. The highest BCUT2D eigenvalue weighted by Gasteiger charge is 2.35. The Morgan fingerprint density at radius 3 is 2.59 bits per heavy atom. The van der Waals surface area contributed by atoms with Crippen molar-refractivity contribution in [1.29, 1.82) is 5.26 Å². The molecule has 2 unspecified atom stereocenters. The van der Waals surface area contributed by atoms with Gasteiger partial charge in [0.25, 0.3) is 0 Å². The van der Waals surface area contributed by atoms with Crippen LogP contribution in [0.1, 0.15) is 24.5 Å². The molecule has 1 heterocycles. The molecule has 0 aliphatic carbocycles. The lowest BCUT2D eigenvalue weighted by Crippen LogP contribution is -2.29. The number of rotatable bonds is 3. The standard InChI is InChI=1S/C17H17NO3S/c1-12-17(8-9-21-12)22(19,20)11-14-7-6-13(10-18)15-4-2-3-5-16(14)15/h2-7,12,17H,8-9,11H2,1H3. The van der Waals surface area contributed by atoms with Crippen molar-refractivity contribution in [3.8, 4) is 6.07 Å². The van der Waals surface area contributed by atoms with Crippen molar-refractivity contribution in [2.45, 2.75) is 30.5 Å². The van der Waals surface area contributed by atoms with Crippen LogP contribution < -0.4 is 0 Å². The fraction of sp³-hybridized carbons (Fsp3) is 0.353. The number of hydrogen-bond acceptors (Lipinski definition) is 4. The van der Waals surface area contributed by atoms with E-state index in [1.807, 2.05) is 31.2 Å². The Hall–Kier alpha value is -1.90. The van der Waals surface area contributed by atoms with Gasteiger partial charge in [0.05, 0.1) is 28.7 Å². The normalized spacial score (nSPS) is 21.8. The van der Waals surface area contributed by atoms with E-state index in [9.17, 15) is 13.7 Å².